The Bertz CT molecular complexity index is 570. The van der Waals surface area contributed by atoms with Gasteiger partial charge in [0, 0.05) is 22.1 Å². The monoisotopic (exact) mass is 333 g/mol. The fourth-order valence-electron chi connectivity index (χ4n) is 2.40. The molecule has 0 saturated carbocycles. The predicted octanol–water partition coefficient (Wildman–Crippen LogP) is 4.87. The summed E-state index contributed by atoms with van der Waals surface area (Å²) >= 11 is 3.61. The Hall–Kier alpha value is -1.32. The van der Waals surface area contributed by atoms with Crippen LogP contribution in [0.15, 0.2) is 53.0 Å². The van der Waals surface area contributed by atoms with E-state index in [1.807, 2.05) is 24.3 Å². The Morgan fingerprint density at radius 2 is 1.45 bits per heavy atom. The van der Waals surface area contributed by atoms with Crippen LogP contribution >= 0.6 is 15.9 Å². The average molecular weight is 334 g/mol. The molecule has 1 N–H and O–H groups in total. The fourth-order valence-corrected chi connectivity index (χ4v) is 3.03. The number of rotatable bonds is 5. The Morgan fingerprint density at radius 3 is 2.10 bits per heavy atom. The van der Waals surface area contributed by atoms with Gasteiger partial charge in [-0.3, -0.25) is 0 Å². The topological polar surface area (TPSA) is 21.3 Å². The van der Waals surface area contributed by atoms with Gasteiger partial charge in [0.15, 0.2) is 0 Å². The molecule has 2 atom stereocenters. The number of ether oxygens (including phenoxy) is 1. The summed E-state index contributed by atoms with van der Waals surface area (Å²) in [5.41, 5.74) is 2.43. The third kappa shape index (κ3) is 3.41. The molecular weight excluding hydrogens is 314 g/mol. The molecule has 0 saturated heterocycles. The Balaban J connectivity index is 2.15. The lowest BCUT2D eigenvalue weighted by molar-refractivity contribution is 0.396. The highest BCUT2D eigenvalue weighted by Gasteiger charge is 2.15. The molecule has 2 aromatic carbocycles. The van der Waals surface area contributed by atoms with Crippen molar-refractivity contribution in [3.63, 3.8) is 0 Å². The van der Waals surface area contributed by atoms with Crippen LogP contribution in [0, 0.1) is 0 Å². The van der Waals surface area contributed by atoms with E-state index in [1.54, 1.807) is 7.11 Å². The number of benzene rings is 2. The van der Waals surface area contributed by atoms with E-state index in [2.05, 4.69) is 59.4 Å². The molecule has 2 nitrogen and oxygen atoms in total. The molecule has 0 aliphatic rings. The molecule has 0 spiro atoms. The molecule has 0 fully saturated rings. The third-order valence-corrected chi connectivity index (χ3v) is 4.20. The lowest BCUT2D eigenvalue weighted by Gasteiger charge is -2.23. The minimum atomic E-state index is 0.216. The second-order valence-electron chi connectivity index (χ2n) is 4.87. The minimum Gasteiger partial charge on any atom is -0.496 e. The highest BCUT2D eigenvalue weighted by molar-refractivity contribution is 9.10. The average Bonchev–Trinajstić information content (AvgIpc) is 2.47. The molecule has 0 heterocycles. The summed E-state index contributed by atoms with van der Waals surface area (Å²) in [5.74, 6) is 0.923. The van der Waals surface area contributed by atoms with Gasteiger partial charge in [0.25, 0.3) is 0 Å². The van der Waals surface area contributed by atoms with Gasteiger partial charge in [-0.1, -0.05) is 52.3 Å². The van der Waals surface area contributed by atoms with Crippen LogP contribution in [0.2, 0.25) is 0 Å². The second-order valence-corrected chi connectivity index (χ2v) is 5.73. The van der Waals surface area contributed by atoms with Crippen LogP contribution < -0.4 is 10.1 Å². The highest BCUT2D eigenvalue weighted by atomic mass is 79.9. The second kappa shape index (κ2) is 6.91. The zero-order chi connectivity index (χ0) is 14.5. The molecule has 0 aliphatic carbocycles. The molecule has 20 heavy (non-hydrogen) atoms. The van der Waals surface area contributed by atoms with Gasteiger partial charge in [-0.2, -0.15) is 0 Å². The van der Waals surface area contributed by atoms with E-state index in [0.29, 0.717) is 0 Å². The standard InChI is InChI=1S/C17H20BrNO/c1-12(14-8-4-6-10-16(14)18)19-13(2)15-9-5-7-11-17(15)20-3/h4-13,19H,1-3H3/t12-,13?/m0/s1. The van der Waals surface area contributed by atoms with Crippen molar-refractivity contribution in [2.75, 3.05) is 7.11 Å². The Labute approximate surface area is 129 Å². The first kappa shape index (κ1) is 15.1. The maximum Gasteiger partial charge on any atom is 0.123 e. The van der Waals surface area contributed by atoms with Crippen molar-refractivity contribution in [1.82, 2.24) is 5.32 Å². The molecule has 2 aromatic rings. The number of methoxy groups -OCH3 is 1. The van der Waals surface area contributed by atoms with Crippen molar-refractivity contribution in [1.29, 1.82) is 0 Å². The maximum absolute atomic E-state index is 5.43. The Kier molecular flexibility index (Phi) is 5.21. The maximum atomic E-state index is 5.43. The van der Waals surface area contributed by atoms with E-state index in [0.717, 1.165) is 10.2 Å². The lowest BCUT2D eigenvalue weighted by atomic mass is 10.0. The van der Waals surface area contributed by atoms with E-state index in [1.165, 1.54) is 11.1 Å². The number of nitrogens with one attached hydrogen (secondary N) is 1. The number of para-hydroxylation sites is 1. The van der Waals surface area contributed by atoms with E-state index < -0.39 is 0 Å². The zero-order valence-electron chi connectivity index (χ0n) is 12.1. The van der Waals surface area contributed by atoms with E-state index in [-0.39, 0.29) is 12.1 Å². The van der Waals surface area contributed by atoms with Crippen LogP contribution in [0.5, 0.6) is 5.75 Å². The quantitative estimate of drug-likeness (QED) is 0.842. The molecule has 0 aliphatic heterocycles. The molecule has 3 heteroatoms. The van der Waals surface area contributed by atoms with Crippen molar-refractivity contribution >= 4 is 15.9 Å². The van der Waals surface area contributed by atoms with Gasteiger partial charge in [-0.05, 0) is 31.5 Å². The van der Waals surface area contributed by atoms with Gasteiger partial charge < -0.3 is 10.1 Å². The van der Waals surface area contributed by atoms with Gasteiger partial charge >= 0.3 is 0 Å². The van der Waals surface area contributed by atoms with Crippen molar-refractivity contribution in [3.8, 4) is 5.75 Å². The normalized spacial score (nSPS) is 13.8. The first-order valence-electron chi connectivity index (χ1n) is 6.77. The van der Waals surface area contributed by atoms with Crippen LogP contribution in [0.4, 0.5) is 0 Å². The zero-order valence-corrected chi connectivity index (χ0v) is 13.6. The summed E-state index contributed by atoms with van der Waals surface area (Å²) in [4.78, 5) is 0. The molecular formula is C17H20BrNO. The summed E-state index contributed by atoms with van der Waals surface area (Å²) in [5, 5.41) is 3.62. The number of halogens is 1. The summed E-state index contributed by atoms with van der Waals surface area (Å²) in [6.07, 6.45) is 0. The van der Waals surface area contributed by atoms with Crippen molar-refractivity contribution < 1.29 is 4.74 Å². The fraction of sp³-hybridized carbons (Fsp3) is 0.294. The largest absolute Gasteiger partial charge is 0.496 e. The molecule has 0 bridgehead atoms. The summed E-state index contributed by atoms with van der Waals surface area (Å²) < 4.78 is 6.56. The van der Waals surface area contributed by atoms with Crippen molar-refractivity contribution in [2.24, 2.45) is 0 Å². The van der Waals surface area contributed by atoms with E-state index in [4.69, 9.17) is 4.74 Å². The summed E-state index contributed by atoms with van der Waals surface area (Å²) in [6, 6.07) is 16.9. The summed E-state index contributed by atoms with van der Waals surface area (Å²) in [6.45, 7) is 4.33. The van der Waals surface area contributed by atoms with Gasteiger partial charge in [0.2, 0.25) is 0 Å². The highest BCUT2D eigenvalue weighted by Crippen LogP contribution is 2.29. The molecule has 1 unspecified atom stereocenters. The van der Waals surface area contributed by atoms with Crippen LogP contribution in [-0.2, 0) is 0 Å². The summed E-state index contributed by atoms with van der Waals surface area (Å²) in [7, 11) is 1.71. The predicted molar refractivity (Wildman–Crippen MR) is 87.1 cm³/mol. The van der Waals surface area contributed by atoms with Gasteiger partial charge in [-0.25, -0.2) is 0 Å². The van der Waals surface area contributed by atoms with Gasteiger partial charge in [0.05, 0.1) is 7.11 Å². The van der Waals surface area contributed by atoms with Crippen molar-refractivity contribution in [2.45, 2.75) is 25.9 Å². The molecule has 106 valence electrons. The first-order chi connectivity index (χ1) is 9.63. The van der Waals surface area contributed by atoms with Crippen LogP contribution in [0.25, 0.3) is 0 Å². The SMILES string of the molecule is COc1ccccc1C(C)N[C@@H](C)c1ccccc1Br. The van der Waals surface area contributed by atoms with E-state index >= 15 is 0 Å². The number of hydrogen-bond donors (Lipinski definition) is 1. The van der Waals surface area contributed by atoms with Crippen LogP contribution in [0.3, 0.4) is 0 Å². The van der Waals surface area contributed by atoms with Crippen LogP contribution in [0.1, 0.15) is 37.1 Å². The third-order valence-electron chi connectivity index (χ3n) is 3.48. The lowest BCUT2D eigenvalue weighted by Crippen LogP contribution is -2.23. The minimum absolute atomic E-state index is 0.216. The van der Waals surface area contributed by atoms with E-state index in [9.17, 15) is 0 Å². The molecule has 0 aromatic heterocycles. The molecule has 0 radical (unpaired) electrons. The molecule has 2 rings (SSSR count). The smallest absolute Gasteiger partial charge is 0.123 e. The van der Waals surface area contributed by atoms with Gasteiger partial charge in [-0.15, -0.1) is 0 Å². The molecule has 0 amide bonds. The Morgan fingerprint density at radius 1 is 0.900 bits per heavy atom. The number of hydrogen-bond acceptors (Lipinski definition) is 2. The first-order valence-corrected chi connectivity index (χ1v) is 7.56. The van der Waals surface area contributed by atoms with Crippen LogP contribution in [-0.4, -0.2) is 7.11 Å². The van der Waals surface area contributed by atoms with Crippen molar-refractivity contribution in [3.05, 3.63) is 64.1 Å². The van der Waals surface area contributed by atoms with Gasteiger partial charge in [0.1, 0.15) is 5.75 Å².